The molecule has 2 atom stereocenters. The van der Waals surface area contributed by atoms with Crippen molar-refractivity contribution in [2.24, 2.45) is 18.0 Å². The fourth-order valence-electron chi connectivity index (χ4n) is 3.28. The molecule has 9 heteroatoms. The maximum absolute atomic E-state index is 5.77. The van der Waals surface area contributed by atoms with E-state index in [0.29, 0.717) is 23.8 Å². The highest BCUT2D eigenvalue weighted by molar-refractivity contribution is 14.0. The smallest absolute Gasteiger partial charge is 0.194 e. The van der Waals surface area contributed by atoms with Crippen LogP contribution < -0.4 is 5.32 Å². The van der Waals surface area contributed by atoms with Crippen molar-refractivity contribution in [2.75, 3.05) is 32.0 Å². The van der Waals surface area contributed by atoms with Crippen LogP contribution in [0.2, 0.25) is 0 Å². The van der Waals surface area contributed by atoms with Crippen molar-refractivity contribution in [3.8, 4) is 0 Å². The summed E-state index contributed by atoms with van der Waals surface area (Å²) in [7, 11) is 1.99. The van der Waals surface area contributed by atoms with Crippen molar-refractivity contribution in [2.45, 2.75) is 51.5 Å². The van der Waals surface area contributed by atoms with E-state index in [1.165, 1.54) is 0 Å². The lowest BCUT2D eigenvalue weighted by atomic mass is 10.1. The molecule has 27 heavy (non-hydrogen) atoms. The molecule has 0 aromatic carbocycles. The predicted octanol–water partition coefficient (Wildman–Crippen LogP) is 2.44. The normalized spacial score (nSPS) is 23.6. The van der Waals surface area contributed by atoms with Gasteiger partial charge in [-0.05, 0) is 25.7 Å². The number of rotatable bonds is 5. The molecule has 2 fully saturated rings. The zero-order valence-corrected chi connectivity index (χ0v) is 20.0. The number of nitrogens with one attached hydrogen (secondary N) is 1. The summed E-state index contributed by atoms with van der Waals surface area (Å²) in [5.74, 6) is 4.60. The van der Waals surface area contributed by atoms with Gasteiger partial charge in [0.1, 0.15) is 12.4 Å². The average Bonchev–Trinajstić information content (AvgIpc) is 3.27. The van der Waals surface area contributed by atoms with Gasteiger partial charge < -0.3 is 19.5 Å². The molecule has 0 radical (unpaired) electrons. The Kier molecular flexibility index (Phi) is 9.13. The van der Waals surface area contributed by atoms with Crippen LogP contribution in [0.15, 0.2) is 4.99 Å². The molecular weight excluding hydrogens is 475 g/mol. The van der Waals surface area contributed by atoms with Gasteiger partial charge in [-0.1, -0.05) is 13.8 Å². The summed E-state index contributed by atoms with van der Waals surface area (Å²) >= 11 is 2.08. The van der Waals surface area contributed by atoms with E-state index >= 15 is 0 Å². The van der Waals surface area contributed by atoms with Gasteiger partial charge in [0.15, 0.2) is 11.8 Å². The second kappa shape index (κ2) is 10.8. The Morgan fingerprint density at radius 2 is 2.22 bits per heavy atom. The van der Waals surface area contributed by atoms with Crippen LogP contribution in [0, 0.1) is 12.8 Å². The first kappa shape index (κ1) is 22.7. The van der Waals surface area contributed by atoms with Gasteiger partial charge in [-0.2, -0.15) is 11.8 Å². The maximum atomic E-state index is 5.77. The van der Waals surface area contributed by atoms with Gasteiger partial charge in [0, 0.05) is 44.3 Å². The largest absolute Gasteiger partial charge is 0.376 e. The fourth-order valence-corrected chi connectivity index (χ4v) is 4.58. The number of hydrogen-bond acceptors (Lipinski definition) is 5. The van der Waals surface area contributed by atoms with Gasteiger partial charge in [0.2, 0.25) is 0 Å². The molecule has 1 aromatic rings. The summed E-state index contributed by atoms with van der Waals surface area (Å²) in [6.45, 7) is 10.9. The van der Waals surface area contributed by atoms with E-state index < -0.39 is 0 Å². The molecule has 0 spiro atoms. The third-order valence-corrected chi connectivity index (χ3v) is 6.74. The quantitative estimate of drug-likeness (QED) is 0.375. The molecule has 3 rings (SSSR count). The molecule has 0 aliphatic carbocycles. The zero-order chi connectivity index (χ0) is 18.5. The van der Waals surface area contributed by atoms with Crippen molar-refractivity contribution in [1.29, 1.82) is 0 Å². The molecule has 2 aliphatic heterocycles. The van der Waals surface area contributed by atoms with Crippen LogP contribution in [-0.2, 0) is 18.3 Å². The molecule has 2 saturated heterocycles. The summed E-state index contributed by atoms with van der Waals surface area (Å²) in [5.41, 5.74) is 0. The molecule has 0 saturated carbocycles. The lowest BCUT2D eigenvalue weighted by Gasteiger charge is -2.36. The van der Waals surface area contributed by atoms with Crippen LogP contribution in [0.1, 0.15) is 38.3 Å². The number of ether oxygens (including phenoxy) is 1. The van der Waals surface area contributed by atoms with E-state index in [4.69, 9.17) is 9.73 Å². The summed E-state index contributed by atoms with van der Waals surface area (Å²) in [6, 6.07) is 0. The zero-order valence-electron chi connectivity index (χ0n) is 16.8. The van der Waals surface area contributed by atoms with E-state index in [-0.39, 0.29) is 24.0 Å². The number of halogens is 1. The van der Waals surface area contributed by atoms with E-state index in [2.05, 4.69) is 46.0 Å². The van der Waals surface area contributed by atoms with Gasteiger partial charge in [-0.3, -0.25) is 0 Å². The standard InChI is InChI=1S/C18H32N6OS.HI/c1-13(2)16-12-24(7-9-26-16)18(19-10-15-6-5-8-25-15)20-11-17-22-21-14(3)23(17)4;/h13,15-16H,5-12H2,1-4H3,(H,19,20);1H. The molecule has 0 amide bonds. The Bertz CT molecular complexity index is 617. The highest BCUT2D eigenvalue weighted by Gasteiger charge is 2.26. The van der Waals surface area contributed by atoms with Crippen LogP contribution >= 0.6 is 35.7 Å². The van der Waals surface area contributed by atoms with E-state index in [0.717, 1.165) is 62.4 Å². The summed E-state index contributed by atoms with van der Waals surface area (Å²) < 4.78 is 7.77. The SMILES string of the molecule is Cc1nnc(CN=C(NCC2CCCO2)N2CCSC(C(C)C)C2)n1C.I. The van der Waals surface area contributed by atoms with E-state index in [1.54, 1.807) is 0 Å². The first-order valence-corrected chi connectivity index (χ1v) is 10.7. The molecule has 0 bridgehead atoms. The number of guanidine groups is 1. The lowest BCUT2D eigenvalue weighted by Crippen LogP contribution is -2.50. The van der Waals surface area contributed by atoms with Crippen LogP contribution in [0.4, 0.5) is 0 Å². The van der Waals surface area contributed by atoms with Crippen LogP contribution in [0.25, 0.3) is 0 Å². The van der Waals surface area contributed by atoms with Gasteiger partial charge in [0.25, 0.3) is 0 Å². The number of aromatic nitrogens is 3. The first-order valence-electron chi connectivity index (χ1n) is 9.66. The average molecular weight is 508 g/mol. The highest BCUT2D eigenvalue weighted by Crippen LogP contribution is 2.25. The molecular formula is C18H33IN6OS. The molecule has 154 valence electrons. The minimum Gasteiger partial charge on any atom is -0.376 e. The number of thioether (sulfide) groups is 1. The van der Waals surface area contributed by atoms with E-state index in [9.17, 15) is 0 Å². The fraction of sp³-hybridized carbons (Fsp3) is 0.833. The van der Waals surface area contributed by atoms with Crippen LogP contribution in [-0.4, -0.2) is 69.0 Å². The van der Waals surface area contributed by atoms with Crippen molar-refractivity contribution < 1.29 is 4.74 Å². The second-order valence-electron chi connectivity index (χ2n) is 7.48. The monoisotopic (exact) mass is 508 g/mol. The second-order valence-corrected chi connectivity index (χ2v) is 8.82. The molecule has 1 aromatic heterocycles. The Labute approximate surface area is 184 Å². The Morgan fingerprint density at radius 1 is 1.41 bits per heavy atom. The first-order chi connectivity index (χ1) is 12.5. The summed E-state index contributed by atoms with van der Waals surface area (Å²) in [5, 5.41) is 12.6. The molecule has 2 aliphatic rings. The van der Waals surface area contributed by atoms with Crippen molar-refractivity contribution in [1.82, 2.24) is 25.0 Å². The van der Waals surface area contributed by atoms with Gasteiger partial charge in [0.05, 0.1) is 6.10 Å². The summed E-state index contributed by atoms with van der Waals surface area (Å²) in [6.07, 6.45) is 2.59. The number of hydrogen-bond donors (Lipinski definition) is 1. The van der Waals surface area contributed by atoms with Crippen LogP contribution in [0.3, 0.4) is 0 Å². The van der Waals surface area contributed by atoms with Crippen molar-refractivity contribution in [3.05, 3.63) is 11.6 Å². The Balaban J connectivity index is 0.00000261. The van der Waals surface area contributed by atoms with E-state index in [1.807, 2.05) is 18.5 Å². The molecule has 7 nitrogen and oxygen atoms in total. The molecule has 3 heterocycles. The number of nitrogens with zero attached hydrogens (tertiary/aromatic N) is 5. The van der Waals surface area contributed by atoms with Crippen LogP contribution in [0.5, 0.6) is 0 Å². The lowest BCUT2D eigenvalue weighted by molar-refractivity contribution is 0.113. The summed E-state index contributed by atoms with van der Waals surface area (Å²) in [4.78, 5) is 7.29. The third kappa shape index (κ3) is 6.22. The molecule has 1 N–H and O–H groups in total. The number of aryl methyl sites for hydroxylation is 1. The third-order valence-electron chi connectivity index (χ3n) is 5.20. The Hall–Kier alpha value is -0.550. The number of aliphatic imine (C=N–C) groups is 1. The molecule has 2 unspecified atom stereocenters. The van der Waals surface area contributed by atoms with Gasteiger partial charge in [-0.25, -0.2) is 4.99 Å². The predicted molar refractivity (Wildman–Crippen MR) is 122 cm³/mol. The van der Waals surface area contributed by atoms with Crippen molar-refractivity contribution >= 4 is 41.7 Å². The Morgan fingerprint density at radius 3 is 2.85 bits per heavy atom. The van der Waals surface area contributed by atoms with Gasteiger partial charge in [-0.15, -0.1) is 34.2 Å². The highest BCUT2D eigenvalue weighted by atomic mass is 127. The van der Waals surface area contributed by atoms with Crippen molar-refractivity contribution in [3.63, 3.8) is 0 Å². The maximum Gasteiger partial charge on any atom is 0.194 e. The topological polar surface area (TPSA) is 67.6 Å². The minimum atomic E-state index is 0. The minimum absolute atomic E-state index is 0. The van der Waals surface area contributed by atoms with Gasteiger partial charge >= 0.3 is 0 Å².